The van der Waals surface area contributed by atoms with Crippen LogP contribution in [0.2, 0.25) is 0 Å². The third-order valence-corrected chi connectivity index (χ3v) is 7.63. The maximum Gasteiger partial charge on any atom is 0.395 e. The van der Waals surface area contributed by atoms with Gasteiger partial charge in [-0.2, -0.15) is 17.5 Å². The first kappa shape index (κ1) is 26.6. The van der Waals surface area contributed by atoms with Crippen LogP contribution < -0.4 is 5.32 Å². The molecule has 5 nitrogen and oxygen atoms in total. The largest absolute Gasteiger partial charge is 0.395 e. The van der Waals surface area contributed by atoms with Gasteiger partial charge in [-0.25, -0.2) is 12.8 Å². The summed E-state index contributed by atoms with van der Waals surface area (Å²) in [4.78, 5) is 12.4. The van der Waals surface area contributed by atoms with Gasteiger partial charge in [0.15, 0.2) is 0 Å². The van der Waals surface area contributed by atoms with Crippen LogP contribution in [0, 0.1) is 11.7 Å². The Hall–Kier alpha value is -2.98. The Labute approximate surface area is 202 Å². The highest BCUT2D eigenvalue weighted by Crippen LogP contribution is 2.35. The topological polar surface area (TPSA) is 66.5 Å². The van der Waals surface area contributed by atoms with Crippen LogP contribution in [0.15, 0.2) is 71.7 Å². The van der Waals surface area contributed by atoms with Crippen molar-refractivity contribution >= 4 is 21.5 Å². The minimum absolute atomic E-state index is 0.108. The first-order chi connectivity index (χ1) is 16.4. The summed E-state index contributed by atoms with van der Waals surface area (Å²) in [5, 5.41) is 2.68. The molecular weight excluding hydrogens is 484 g/mol. The standard InChI is InChI=1S/C25H26F4N2O3S/c1-17(2)31(35(33,34)23-13-11-22(26)12-14-23)16-24(32)30-15-18-3-5-19(6-4-18)20-7-9-21(10-8-20)25(27,28)29/h3-9,11-14,17,21H,10,15-16H2,1-2H3,(H,30,32). The fourth-order valence-electron chi connectivity index (χ4n) is 3.58. The zero-order chi connectivity index (χ0) is 25.8. The number of amides is 1. The predicted octanol–water partition coefficient (Wildman–Crippen LogP) is 5.06. The number of nitrogens with one attached hydrogen (secondary N) is 1. The number of nitrogens with zero attached hydrogens (tertiary/aromatic N) is 1. The number of carbonyl (C=O) groups excluding carboxylic acids is 1. The molecule has 0 spiro atoms. The molecule has 1 aliphatic carbocycles. The van der Waals surface area contributed by atoms with Crippen LogP contribution in [0.3, 0.4) is 0 Å². The Balaban J connectivity index is 1.59. The molecule has 2 aromatic rings. The highest BCUT2D eigenvalue weighted by Gasteiger charge is 2.37. The van der Waals surface area contributed by atoms with Gasteiger partial charge in [0.05, 0.1) is 17.4 Å². The lowest BCUT2D eigenvalue weighted by atomic mass is 9.92. The molecule has 1 unspecified atom stereocenters. The van der Waals surface area contributed by atoms with E-state index in [0.717, 1.165) is 45.8 Å². The predicted molar refractivity (Wildman–Crippen MR) is 125 cm³/mol. The number of allylic oxidation sites excluding steroid dienone is 4. The molecule has 0 aromatic heterocycles. The Morgan fingerprint density at radius 1 is 1.09 bits per heavy atom. The summed E-state index contributed by atoms with van der Waals surface area (Å²) in [6, 6.07) is 10.9. The number of carbonyl (C=O) groups is 1. The molecule has 188 valence electrons. The van der Waals surface area contributed by atoms with Crippen LogP contribution in [0.5, 0.6) is 0 Å². The number of benzene rings is 2. The molecule has 1 atom stereocenters. The molecule has 0 saturated heterocycles. The lowest BCUT2D eigenvalue weighted by Gasteiger charge is -2.25. The van der Waals surface area contributed by atoms with Gasteiger partial charge in [0.25, 0.3) is 0 Å². The molecule has 0 bridgehead atoms. The molecule has 1 amide bonds. The summed E-state index contributed by atoms with van der Waals surface area (Å²) in [7, 11) is -4.00. The van der Waals surface area contributed by atoms with E-state index in [9.17, 15) is 30.8 Å². The fraction of sp³-hybridized carbons (Fsp3) is 0.320. The van der Waals surface area contributed by atoms with Crippen molar-refractivity contribution in [1.29, 1.82) is 0 Å². The van der Waals surface area contributed by atoms with Crippen LogP contribution in [0.4, 0.5) is 17.6 Å². The maximum atomic E-state index is 13.2. The maximum absolute atomic E-state index is 13.2. The number of sulfonamides is 1. The second kappa shape index (κ2) is 10.7. The van der Waals surface area contributed by atoms with Gasteiger partial charge in [0, 0.05) is 12.6 Å². The highest BCUT2D eigenvalue weighted by molar-refractivity contribution is 7.89. The van der Waals surface area contributed by atoms with Crippen LogP contribution in [0.1, 0.15) is 31.4 Å². The van der Waals surface area contributed by atoms with E-state index in [1.54, 1.807) is 44.2 Å². The van der Waals surface area contributed by atoms with Crippen LogP contribution >= 0.6 is 0 Å². The zero-order valence-electron chi connectivity index (χ0n) is 19.2. The third kappa shape index (κ3) is 6.79. The van der Waals surface area contributed by atoms with Crippen LogP contribution in [-0.2, 0) is 21.4 Å². The fourth-order valence-corrected chi connectivity index (χ4v) is 5.17. The SMILES string of the molecule is CC(C)N(CC(=O)NCc1ccc(C2=CCC(C(F)(F)F)C=C2)cc1)S(=O)(=O)c1ccc(F)cc1. The highest BCUT2D eigenvalue weighted by atomic mass is 32.2. The van der Waals surface area contributed by atoms with E-state index in [1.165, 1.54) is 6.08 Å². The van der Waals surface area contributed by atoms with Gasteiger partial charge in [-0.1, -0.05) is 42.5 Å². The third-order valence-electron chi connectivity index (χ3n) is 5.59. The molecule has 3 rings (SSSR count). The first-order valence-electron chi connectivity index (χ1n) is 11.0. The van der Waals surface area contributed by atoms with Crippen molar-refractivity contribution in [2.24, 2.45) is 5.92 Å². The summed E-state index contributed by atoms with van der Waals surface area (Å²) < 4.78 is 78.4. The smallest absolute Gasteiger partial charge is 0.351 e. The Morgan fingerprint density at radius 2 is 1.71 bits per heavy atom. The molecule has 0 saturated carbocycles. The second-order valence-electron chi connectivity index (χ2n) is 8.47. The average Bonchev–Trinajstić information content (AvgIpc) is 2.81. The average molecular weight is 511 g/mol. The van der Waals surface area contributed by atoms with Crippen molar-refractivity contribution in [3.8, 4) is 0 Å². The van der Waals surface area contributed by atoms with Crippen molar-refractivity contribution in [1.82, 2.24) is 9.62 Å². The molecule has 0 radical (unpaired) electrons. The van der Waals surface area contributed by atoms with Crippen molar-refractivity contribution in [3.05, 3.63) is 83.7 Å². The zero-order valence-corrected chi connectivity index (χ0v) is 20.0. The van der Waals surface area contributed by atoms with Gasteiger partial charge >= 0.3 is 6.18 Å². The van der Waals surface area contributed by atoms with E-state index in [2.05, 4.69) is 5.32 Å². The molecule has 0 fully saturated rings. The number of halogens is 4. The second-order valence-corrected chi connectivity index (χ2v) is 10.4. The van der Waals surface area contributed by atoms with Gasteiger partial charge < -0.3 is 5.32 Å². The van der Waals surface area contributed by atoms with Gasteiger partial charge in [-0.05, 0) is 61.2 Å². The lowest BCUT2D eigenvalue weighted by Crippen LogP contribution is -2.44. The molecule has 35 heavy (non-hydrogen) atoms. The molecule has 1 N–H and O–H groups in total. The number of hydrogen-bond donors (Lipinski definition) is 1. The van der Waals surface area contributed by atoms with Crippen molar-refractivity contribution < 1.29 is 30.8 Å². The first-order valence-corrected chi connectivity index (χ1v) is 12.4. The summed E-state index contributed by atoms with van der Waals surface area (Å²) >= 11 is 0. The minimum atomic E-state index is -4.26. The molecular formula is C25H26F4N2O3S. The van der Waals surface area contributed by atoms with E-state index < -0.39 is 46.4 Å². The van der Waals surface area contributed by atoms with Gasteiger partial charge in [-0.3, -0.25) is 4.79 Å². The number of rotatable bonds is 8. The minimum Gasteiger partial charge on any atom is -0.351 e. The van der Waals surface area contributed by atoms with E-state index >= 15 is 0 Å². The Bertz CT molecular complexity index is 1200. The molecule has 2 aromatic carbocycles. The number of hydrogen-bond acceptors (Lipinski definition) is 3. The van der Waals surface area contributed by atoms with Crippen LogP contribution in [0.25, 0.3) is 5.57 Å². The molecule has 10 heteroatoms. The number of alkyl halides is 3. The van der Waals surface area contributed by atoms with Gasteiger partial charge in [0.1, 0.15) is 5.82 Å². The molecule has 1 aliphatic rings. The normalized spacial score (nSPS) is 16.5. The van der Waals surface area contributed by atoms with E-state index in [0.29, 0.717) is 5.57 Å². The van der Waals surface area contributed by atoms with Crippen molar-refractivity contribution in [2.75, 3.05) is 6.54 Å². The van der Waals surface area contributed by atoms with Gasteiger partial charge in [0.2, 0.25) is 15.9 Å². The van der Waals surface area contributed by atoms with Crippen molar-refractivity contribution in [3.63, 3.8) is 0 Å². The molecule has 0 aliphatic heterocycles. The van der Waals surface area contributed by atoms with Gasteiger partial charge in [-0.15, -0.1) is 0 Å². The summed E-state index contributed by atoms with van der Waals surface area (Å²) in [6.45, 7) is 3.01. The summed E-state index contributed by atoms with van der Waals surface area (Å²) in [5.74, 6) is -2.55. The van der Waals surface area contributed by atoms with Crippen LogP contribution in [-0.4, -0.2) is 37.4 Å². The van der Waals surface area contributed by atoms with E-state index in [1.807, 2.05) is 0 Å². The molecule has 0 heterocycles. The van der Waals surface area contributed by atoms with E-state index in [4.69, 9.17) is 0 Å². The van der Waals surface area contributed by atoms with E-state index in [-0.39, 0.29) is 17.9 Å². The Kier molecular flexibility index (Phi) is 8.17. The summed E-state index contributed by atoms with van der Waals surface area (Å²) in [6.07, 6.45) is -0.203. The van der Waals surface area contributed by atoms with Crippen molar-refractivity contribution in [2.45, 2.75) is 43.9 Å². The monoisotopic (exact) mass is 510 g/mol. The Morgan fingerprint density at radius 3 is 2.23 bits per heavy atom. The quantitative estimate of drug-likeness (QED) is 0.505. The lowest BCUT2D eigenvalue weighted by molar-refractivity contribution is -0.160. The summed E-state index contributed by atoms with van der Waals surface area (Å²) in [5.41, 5.74) is 2.20.